The topological polar surface area (TPSA) is 76.8 Å². The van der Waals surface area contributed by atoms with Crippen molar-refractivity contribution in [2.75, 3.05) is 0 Å². The Bertz CT molecular complexity index is 1150. The maximum Gasteiger partial charge on any atom is 0.315 e. The lowest BCUT2D eigenvalue weighted by molar-refractivity contribution is 0.240. The molecule has 0 aliphatic heterocycles. The van der Waals surface area contributed by atoms with Crippen LogP contribution in [0.25, 0.3) is 11.4 Å². The number of carbonyl (C=O) groups is 1. The van der Waals surface area contributed by atoms with E-state index in [4.69, 9.17) is 0 Å². The number of benzene rings is 2. The molecule has 2 N–H and O–H groups in total. The van der Waals surface area contributed by atoms with E-state index in [-0.39, 0.29) is 18.4 Å². The number of amides is 2. The van der Waals surface area contributed by atoms with Crippen LogP contribution in [0.3, 0.4) is 0 Å². The van der Waals surface area contributed by atoms with Gasteiger partial charge in [0.25, 0.3) is 0 Å². The summed E-state index contributed by atoms with van der Waals surface area (Å²) in [6.07, 6.45) is 6.90. The van der Waals surface area contributed by atoms with Gasteiger partial charge in [0.05, 0.1) is 11.4 Å². The third-order valence-corrected chi connectivity index (χ3v) is 4.68. The monoisotopic (exact) mass is 404 g/mol. The number of carbonyl (C=O) groups excluding carboxylic acids is 1. The Morgan fingerprint density at radius 2 is 1.80 bits per heavy atom. The highest BCUT2D eigenvalue weighted by molar-refractivity contribution is 5.73. The van der Waals surface area contributed by atoms with Crippen molar-refractivity contribution >= 4 is 6.03 Å². The van der Waals surface area contributed by atoms with Crippen molar-refractivity contribution in [1.29, 1.82) is 0 Å². The van der Waals surface area contributed by atoms with E-state index in [9.17, 15) is 9.18 Å². The van der Waals surface area contributed by atoms with Crippen LogP contribution in [0.5, 0.6) is 0 Å². The molecule has 30 heavy (non-hydrogen) atoms. The van der Waals surface area contributed by atoms with Gasteiger partial charge in [0, 0.05) is 37.9 Å². The fourth-order valence-corrected chi connectivity index (χ4v) is 3.15. The number of imidazole rings is 1. The van der Waals surface area contributed by atoms with Gasteiger partial charge in [0.15, 0.2) is 0 Å². The summed E-state index contributed by atoms with van der Waals surface area (Å²) in [6.45, 7) is 2.40. The van der Waals surface area contributed by atoms with Gasteiger partial charge in [-0.25, -0.2) is 18.9 Å². The number of nitrogens with zero attached hydrogens (tertiary/aromatic N) is 4. The van der Waals surface area contributed by atoms with E-state index < -0.39 is 0 Å². The molecule has 4 aromatic rings. The molecular weight excluding hydrogens is 383 g/mol. The SMILES string of the molecule is Cc1nccn1-c1ccc(CNC(=O)NCc2cccc(-n3cccn3)c2)cc1F. The van der Waals surface area contributed by atoms with Gasteiger partial charge < -0.3 is 15.2 Å². The molecule has 7 nitrogen and oxygen atoms in total. The van der Waals surface area contributed by atoms with Crippen molar-refractivity contribution in [3.8, 4) is 11.4 Å². The highest BCUT2D eigenvalue weighted by Gasteiger charge is 2.09. The summed E-state index contributed by atoms with van der Waals surface area (Å²) < 4.78 is 17.9. The molecular formula is C22H21FN6O. The second kappa shape index (κ2) is 8.60. The molecule has 4 rings (SSSR count). The van der Waals surface area contributed by atoms with Crippen LogP contribution in [-0.4, -0.2) is 25.4 Å². The van der Waals surface area contributed by atoms with Crippen LogP contribution < -0.4 is 10.6 Å². The molecule has 2 aromatic heterocycles. The summed E-state index contributed by atoms with van der Waals surface area (Å²) >= 11 is 0. The van der Waals surface area contributed by atoms with E-state index in [0.29, 0.717) is 23.6 Å². The lowest BCUT2D eigenvalue weighted by Gasteiger charge is -2.11. The van der Waals surface area contributed by atoms with Crippen LogP contribution in [0.4, 0.5) is 9.18 Å². The highest BCUT2D eigenvalue weighted by atomic mass is 19.1. The van der Waals surface area contributed by atoms with Crippen LogP contribution in [0.2, 0.25) is 0 Å². The third-order valence-electron chi connectivity index (χ3n) is 4.68. The van der Waals surface area contributed by atoms with Crippen molar-refractivity contribution in [2.24, 2.45) is 0 Å². The molecule has 0 bridgehead atoms. The lowest BCUT2D eigenvalue weighted by atomic mass is 10.2. The van der Waals surface area contributed by atoms with Crippen LogP contribution in [-0.2, 0) is 13.1 Å². The number of hydrogen-bond donors (Lipinski definition) is 2. The zero-order chi connectivity index (χ0) is 20.9. The maximum atomic E-state index is 14.5. The number of rotatable bonds is 6. The Kier molecular flexibility index (Phi) is 5.56. The number of urea groups is 1. The number of halogens is 1. The average Bonchev–Trinajstić information content (AvgIpc) is 3.43. The number of hydrogen-bond acceptors (Lipinski definition) is 3. The van der Waals surface area contributed by atoms with Crippen LogP contribution in [0, 0.1) is 12.7 Å². The Labute approximate surface area is 173 Å². The van der Waals surface area contributed by atoms with Gasteiger partial charge in [-0.3, -0.25) is 0 Å². The molecule has 2 heterocycles. The van der Waals surface area contributed by atoms with E-state index in [0.717, 1.165) is 11.3 Å². The number of aromatic nitrogens is 4. The summed E-state index contributed by atoms with van der Waals surface area (Å²) in [4.78, 5) is 16.2. The summed E-state index contributed by atoms with van der Waals surface area (Å²) in [5, 5.41) is 9.76. The first-order valence-corrected chi connectivity index (χ1v) is 9.49. The van der Waals surface area contributed by atoms with Crippen molar-refractivity contribution in [1.82, 2.24) is 30.0 Å². The molecule has 0 aliphatic rings. The largest absolute Gasteiger partial charge is 0.334 e. The minimum Gasteiger partial charge on any atom is -0.334 e. The van der Waals surface area contributed by atoms with Crippen molar-refractivity contribution in [2.45, 2.75) is 20.0 Å². The summed E-state index contributed by atoms with van der Waals surface area (Å²) in [6, 6.07) is 14.2. The molecule has 2 aromatic carbocycles. The molecule has 0 radical (unpaired) electrons. The molecule has 2 amide bonds. The molecule has 0 fully saturated rings. The summed E-state index contributed by atoms with van der Waals surface area (Å²) in [5.74, 6) is 0.335. The fourth-order valence-electron chi connectivity index (χ4n) is 3.15. The minimum atomic E-state index is -0.369. The standard InChI is InChI=1S/C22H21FN6O/c1-16-24-9-11-28(16)21-7-6-18(13-20(21)23)15-26-22(30)25-14-17-4-2-5-19(12-17)29-10-3-8-27-29/h2-13H,14-15H2,1H3,(H2,25,26,30). The van der Waals surface area contributed by atoms with Gasteiger partial charge in [-0.05, 0) is 48.4 Å². The van der Waals surface area contributed by atoms with Gasteiger partial charge in [0.1, 0.15) is 11.6 Å². The van der Waals surface area contributed by atoms with Gasteiger partial charge in [0.2, 0.25) is 0 Å². The van der Waals surface area contributed by atoms with Gasteiger partial charge >= 0.3 is 6.03 Å². The molecule has 0 aliphatic carbocycles. The molecule has 0 spiro atoms. The quantitative estimate of drug-likeness (QED) is 0.516. The van der Waals surface area contributed by atoms with E-state index in [1.165, 1.54) is 6.07 Å². The Morgan fingerprint density at radius 1 is 1.00 bits per heavy atom. The van der Waals surface area contributed by atoms with Crippen LogP contribution in [0.15, 0.2) is 73.3 Å². The zero-order valence-corrected chi connectivity index (χ0v) is 16.4. The van der Waals surface area contributed by atoms with E-state index in [2.05, 4.69) is 20.7 Å². The number of aryl methyl sites for hydroxylation is 1. The molecule has 0 unspecified atom stereocenters. The van der Waals surface area contributed by atoms with E-state index in [1.54, 1.807) is 40.0 Å². The molecule has 152 valence electrons. The highest BCUT2D eigenvalue weighted by Crippen LogP contribution is 2.16. The molecule has 8 heteroatoms. The van der Waals surface area contributed by atoms with Crippen molar-refractivity contribution < 1.29 is 9.18 Å². The first-order chi connectivity index (χ1) is 14.6. The molecule has 0 saturated carbocycles. The zero-order valence-electron chi connectivity index (χ0n) is 16.4. The van der Waals surface area contributed by atoms with E-state index >= 15 is 0 Å². The molecule has 0 saturated heterocycles. The second-order valence-electron chi connectivity index (χ2n) is 6.79. The first-order valence-electron chi connectivity index (χ1n) is 9.49. The lowest BCUT2D eigenvalue weighted by Crippen LogP contribution is -2.34. The Hall–Kier alpha value is -3.94. The fraction of sp³-hybridized carbons (Fsp3) is 0.136. The van der Waals surface area contributed by atoms with Gasteiger partial charge in [-0.1, -0.05) is 18.2 Å². The third kappa shape index (κ3) is 4.38. The van der Waals surface area contributed by atoms with Gasteiger partial charge in [-0.2, -0.15) is 5.10 Å². The van der Waals surface area contributed by atoms with Gasteiger partial charge in [-0.15, -0.1) is 0 Å². The second-order valence-corrected chi connectivity index (χ2v) is 6.79. The summed E-state index contributed by atoms with van der Waals surface area (Å²) in [5.41, 5.74) is 2.97. The van der Waals surface area contributed by atoms with Crippen LogP contribution in [0.1, 0.15) is 17.0 Å². The number of nitrogens with one attached hydrogen (secondary N) is 2. The summed E-state index contributed by atoms with van der Waals surface area (Å²) in [7, 11) is 0. The molecule has 0 atom stereocenters. The predicted octanol–water partition coefficient (Wildman–Crippen LogP) is 3.50. The first kappa shape index (κ1) is 19.4. The minimum absolute atomic E-state index is 0.221. The Balaban J connectivity index is 1.32. The smallest absolute Gasteiger partial charge is 0.315 e. The maximum absolute atomic E-state index is 14.5. The normalized spacial score (nSPS) is 10.7. The van der Waals surface area contributed by atoms with Crippen LogP contribution >= 0.6 is 0 Å². The van der Waals surface area contributed by atoms with E-state index in [1.807, 2.05) is 43.5 Å². The Morgan fingerprint density at radius 3 is 2.47 bits per heavy atom. The average molecular weight is 404 g/mol. The predicted molar refractivity (Wildman–Crippen MR) is 111 cm³/mol. The van der Waals surface area contributed by atoms with Crippen molar-refractivity contribution in [3.05, 3.63) is 96.1 Å². The van der Waals surface area contributed by atoms with Crippen molar-refractivity contribution in [3.63, 3.8) is 0 Å².